The van der Waals surface area contributed by atoms with Crippen molar-refractivity contribution in [2.75, 3.05) is 26.7 Å². The molecular formula is C17H26N2O2S. The summed E-state index contributed by atoms with van der Waals surface area (Å²) in [5, 5.41) is 3.17. The van der Waals surface area contributed by atoms with Crippen LogP contribution in [0.25, 0.3) is 0 Å². The Kier molecular flexibility index (Phi) is 4.85. The van der Waals surface area contributed by atoms with Crippen molar-refractivity contribution < 1.29 is 8.42 Å². The predicted octanol–water partition coefficient (Wildman–Crippen LogP) is 2.19. The number of aryl methyl sites for hydroxylation is 2. The van der Waals surface area contributed by atoms with Gasteiger partial charge in [0.05, 0.1) is 4.90 Å². The summed E-state index contributed by atoms with van der Waals surface area (Å²) in [5.74, 6) is 0.422. The van der Waals surface area contributed by atoms with E-state index in [4.69, 9.17) is 0 Å². The van der Waals surface area contributed by atoms with Crippen molar-refractivity contribution in [1.82, 2.24) is 9.62 Å². The lowest BCUT2D eigenvalue weighted by Gasteiger charge is -2.32. The number of hydrogen-bond acceptors (Lipinski definition) is 3. The highest BCUT2D eigenvalue weighted by Crippen LogP contribution is 2.28. The van der Waals surface area contributed by atoms with Crippen LogP contribution in [-0.4, -0.2) is 39.4 Å². The summed E-state index contributed by atoms with van der Waals surface area (Å²) >= 11 is 0. The van der Waals surface area contributed by atoms with Crippen LogP contribution in [0.5, 0.6) is 0 Å². The monoisotopic (exact) mass is 322 g/mol. The van der Waals surface area contributed by atoms with Gasteiger partial charge in [-0.25, -0.2) is 8.42 Å². The molecule has 1 N–H and O–H groups in total. The van der Waals surface area contributed by atoms with Crippen molar-refractivity contribution >= 4 is 10.0 Å². The van der Waals surface area contributed by atoms with Gasteiger partial charge in [0, 0.05) is 13.1 Å². The maximum Gasteiger partial charge on any atom is 0.243 e. The first-order valence-electron chi connectivity index (χ1n) is 8.38. The van der Waals surface area contributed by atoms with Gasteiger partial charge >= 0.3 is 0 Å². The average molecular weight is 322 g/mol. The minimum atomic E-state index is -3.34. The van der Waals surface area contributed by atoms with Gasteiger partial charge in [0.25, 0.3) is 0 Å². The molecule has 0 spiro atoms. The molecule has 1 fully saturated rings. The van der Waals surface area contributed by atoms with Crippen LogP contribution in [0.15, 0.2) is 23.1 Å². The molecule has 1 aliphatic heterocycles. The number of nitrogens with one attached hydrogen (secondary N) is 1. The summed E-state index contributed by atoms with van der Waals surface area (Å²) in [7, 11) is -1.41. The van der Waals surface area contributed by atoms with Gasteiger partial charge in [-0.15, -0.1) is 0 Å². The zero-order chi connectivity index (χ0) is 15.6. The molecule has 0 radical (unpaired) electrons. The molecule has 1 heterocycles. The Labute approximate surface area is 134 Å². The van der Waals surface area contributed by atoms with Gasteiger partial charge in [0.15, 0.2) is 0 Å². The molecule has 5 heteroatoms. The van der Waals surface area contributed by atoms with E-state index in [0.717, 1.165) is 32.2 Å². The molecule has 0 bridgehead atoms. The van der Waals surface area contributed by atoms with E-state index in [-0.39, 0.29) is 0 Å². The second-order valence-corrected chi connectivity index (χ2v) is 8.50. The molecule has 22 heavy (non-hydrogen) atoms. The predicted molar refractivity (Wildman–Crippen MR) is 88.5 cm³/mol. The van der Waals surface area contributed by atoms with Crippen LogP contribution in [-0.2, 0) is 22.9 Å². The van der Waals surface area contributed by atoms with E-state index in [2.05, 4.69) is 5.32 Å². The number of piperidine rings is 1. The van der Waals surface area contributed by atoms with E-state index in [1.165, 1.54) is 24.0 Å². The minimum Gasteiger partial charge on any atom is -0.319 e. The number of rotatable bonds is 4. The van der Waals surface area contributed by atoms with Crippen molar-refractivity contribution in [1.29, 1.82) is 0 Å². The zero-order valence-corrected chi connectivity index (χ0v) is 14.2. The van der Waals surface area contributed by atoms with Crippen LogP contribution < -0.4 is 5.32 Å². The van der Waals surface area contributed by atoms with Gasteiger partial charge in [-0.2, -0.15) is 4.31 Å². The quantitative estimate of drug-likeness (QED) is 0.924. The largest absolute Gasteiger partial charge is 0.319 e. The summed E-state index contributed by atoms with van der Waals surface area (Å²) in [6, 6.07) is 5.75. The first kappa shape index (κ1) is 16.0. The zero-order valence-electron chi connectivity index (χ0n) is 13.3. The molecule has 0 amide bonds. The topological polar surface area (TPSA) is 49.4 Å². The maximum atomic E-state index is 12.9. The lowest BCUT2D eigenvalue weighted by Crippen LogP contribution is -2.42. The molecule has 2 aliphatic rings. The van der Waals surface area contributed by atoms with Gasteiger partial charge in [-0.1, -0.05) is 6.07 Å². The average Bonchev–Trinajstić information content (AvgIpc) is 2.55. The van der Waals surface area contributed by atoms with E-state index in [0.29, 0.717) is 23.9 Å². The highest BCUT2D eigenvalue weighted by Gasteiger charge is 2.30. The second-order valence-electron chi connectivity index (χ2n) is 6.57. The maximum absolute atomic E-state index is 12.9. The molecule has 1 atom stereocenters. The third-order valence-electron chi connectivity index (χ3n) is 4.93. The molecule has 3 rings (SSSR count). The SMILES string of the molecule is CNCC1CCCN(S(=O)(=O)c2ccc3c(c2)CCCC3)C1. The van der Waals surface area contributed by atoms with Gasteiger partial charge < -0.3 is 5.32 Å². The summed E-state index contributed by atoms with van der Waals surface area (Å²) in [5.41, 5.74) is 2.56. The Bertz CT molecular complexity index is 626. The molecule has 122 valence electrons. The van der Waals surface area contributed by atoms with Crippen LogP contribution >= 0.6 is 0 Å². The van der Waals surface area contributed by atoms with Gasteiger partial charge in [-0.05, 0) is 81.3 Å². The van der Waals surface area contributed by atoms with E-state index >= 15 is 0 Å². The third kappa shape index (κ3) is 3.21. The molecule has 1 aromatic carbocycles. The Balaban J connectivity index is 1.83. The molecule has 1 aliphatic carbocycles. The first-order chi connectivity index (χ1) is 10.6. The molecular weight excluding hydrogens is 296 g/mol. The summed E-state index contributed by atoms with van der Waals surface area (Å²) < 4.78 is 27.5. The smallest absolute Gasteiger partial charge is 0.243 e. The number of benzene rings is 1. The van der Waals surface area contributed by atoms with E-state index in [9.17, 15) is 8.42 Å². The van der Waals surface area contributed by atoms with Crippen molar-refractivity contribution in [3.8, 4) is 0 Å². The minimum absolute atomic E-state index is 0.422. The van der Waals surface area contributed by atoms with Gasteiger partial charge in [0.1, 0.15) is 0 Å². The van der Waals surface area contributed by atoms with E-state index in [1.807, 2.05) is 19.2 Å². The van der Waals surface area contributed by atoms with Gasteiger partial charge in [-0.3, -0.25) is 0 Å². The van der Waals surface area contributed by atoms with Crippen LogP contribution in [0.2, 0.25) is 0 Å². The van der Waals surface area contributed by atoms with Crippen molar-refractivity contribution in [2.24, 2.45) is 5.92 Å². The Morgan fingerprint density at radius 3 is 2.73 bits per heavy atom. The standard InChI is InChI=1S/C17H26N2O2S/c1-18-12-14-5-4-10-19(13-14)22(20,21)17-9-8-15-6-2-3-7-16(15)11-17/h8-9,11,14,18H,2-7,10,12-13H2,1H3. The van der Waals surface area contributed by atoms with Crippen LogP contribution in [0.4, 0.5) is 0 Å². The fourth-order valence-corrected chi connectivity index (χ4v) is 5.33. The third-order valence-corrected chi connectivity index (χ3v) is 6.79. The van der Waals surface area contributed by atoms with Crippen molar-refractivity contribution in [3.63, 3.8) is 0 Å². The second kappa shape index (κ2) is 6.69. The van der Waals surface area contributed by atoms with Crippen LogP contribution in [0, 0.1) is 5.92 Å². The van der Waals surface area contributed by atoms with Gasteiger partial charge in [0.2, 0.25) is 10.0 Å². The highest BCUT2D eigenvalue weighted by atomic mass is 32.2. The number of nitrogens with zero attached hydrogens (tertiary/aromatic N) is 1. The highest BCUT2D eigenvalue weighted by molar-refractivity contribution is 7.89. The fourth-order valence-electron chi connectivity index (χ4n) is 3.72. The number of hydrogen-bond donors (Lipinski definition) is 1. The van der Waals surface area contributed by atoms with Crippen LogP contribution in [0.1, 0.15) is 36.8 Å². The van der Waals surface area contributed by atoms with Crippen LogP contribution in [0.3, 0.4) is 0 Å². The Morgan fingerprint density at radius 1 is 1.18 bits per heavy atom. The molecule has 0 aromatic heterocycles. The molecule has 0 saturated carbocycles. The molecule has 1 aromatic rings. The molecule has 4 nitrogen and oxygen atoms in total. The first-order valence-corrected chi connectivity index (χ1v) is 9.82. The van der Waals surface area contributed by atoms with Crippen molar-refractivity contribution in [2.45, 2.75) is 43.4 Å². The lowest BCUT2D eigenvalue weighted by atomic mass is 9.92. The molecule has 1 unspecified atom stereocenters. The summed E-state index contributed by atoms with van der Waals surface area (Å²) in [4.78, 5) is 0.484. The van der Waals surface area contributed by atoms with E-state index in [1.54, 1.807) is 10.4 Å². The van der Waals surface area contributed by atoms with Crippen molar-refractivity contribution in [3.05, 3.63) is 29.3 Å². The Hall–Kier alpha value is -0.910. The summed E-state index contributed by atoms with van der Waals surface area (Å²) in [6.45, 7) is 2.18. The summed E-state index contributed by atoms with van der Waals surface area (Å²) in [6.07, 6.45) is 6.56. The fraction of sp³-hybridized carbons (Fsp3) is 0.647. The lowest BCUT2D eigenvalue weighted by molar-refractivity contribution is 0.263. The van der Waals surface area contributed by atoms with E-state index < -0.39 is 10.0 Å². The number of fused-ring (bicyclic) bond motifs is 1. The normalized spacial score (nSPS) is 23.2. The Morgan fingerprint density at radius 2 is 1.95 bits per heavy atom. The number of sulfonamides is 1. The molecule has 1 saturated heterocycles.